The molecule has 15 heavy (non-hydrogen) atoms. The molecule has 0 fully saturated rings. The zero-order valence-electron chi connectivity index (χ0n) is 7.71. The van der Waals surface area contributed by atoms with Crippen LogP contribution in [0.1, 0.15) is 17.5 Å². The Bertz CT molecular complexity index is 449. The van der Waals surface area contributed by atoms with Crippen LogP contribution in [-0.4, -0.2) is 20.1 Å². The summed E-state index contributed by atoms with van der Waals surface area (Å²) in [6.45, 7) is 0. The lowest BCUT2D eigenvalue weighted by Crippen LogP contribution is -2.05. The summed E-state index contributed by atoms with van der Waals surface area (Å²) in [6, 6.07) is 3.61. The van der Waals surface area contributed by atoms with Crippen molar-refractivity contribution in [2.75, 3.05) is 0 Å². The van der Waals surface area contributed by atoms with Crippen molar-refractivity contribution in [3.05, 3.63) is 52.8 Å². The maximum absolute atomic E-state index is 9.98. The van der Waals surface area contributed by atoms with Crippen LogP contribution in [0.2, 0.25) is 0 Å². The van der Waals surface area contributed by atoms with Crippen molar-refractivity contribution in [2.24, 2.45) is 0 Å². The summed E-state index contributed by atoms with van der Waals surface area (Å²) in [5.74, 6) is 0. The van der Waals surface area contributed by atoms with Crippen LogP contribution in [0.5, 0.6) is 0 Å². The van der Waals surface area contributed by atoms with Gasteiger partial charge in [0.1, 0.15) is 6.10 Å². The third-order valence-electron chi connectivity index (χ3n) is 1.91. The Balaban J connectivity index is 2.37. The summed E-state index contributed by atoms with van der Waals surface area (Å²) in [6.07, 6.45) is 5.39. The van der Waals surface area contributed by atoms with Crippen molar-refractivity contribution in [3.8, 4) is 0 Å². The Morgan fingerprint density at radius 3 is 2.73 bits per heavy atom. The van der Waals surface area contributed by atoms with Crippen molar-refractivity contribution in [3.63, 3.8) is 0 Å². The second-order valence-electron chi connectivity index (χ2n) is 2.90. The molecule has 0 spiro atoms. The van der Waals surface area contributed by atoms with E-state index in [-0.39, 0.29) is 0 Å². The van der Waals surface area contributed by atoms with Crippen LogP contribution in [-0.2, 0) is 0 Å². The Morgan fingerprint density at radius 2 is 2.07 bits per heavy atom. The fourth-order valence-corrected chi connectivity index (χ4v) is 1.66. The largest absolute Gasteiger partial charge is 0.380 e. The number of halogens is 1. The highest BCUT2D eigenvalue weighted by molar-refractivity contribution is 9.10. The number of nitrogens with zero attached hydrogens (tertiary/aromatic N) is 3. The van der Waals surface area contributed by atoms with Crippen molar-refractivity contribution >= 4 is 15.9 Å². The van der Waals surface area contributed by atoms with Gasteiger partial charge in [-0.2, -0.15) is 0 Å². The lowest BCUT2D eigenvalue weighted by molar-refractivity contribution is 0.209. The molecule has 76 valence electrons. The third kappa shape index (κ3) is 2.19. The van der Waals surface area contributed by atoms with Gasteiger partial charge in [-0.15, -0.1) is 0 Å². The van der Waals surface area contributed by atoms with E-state index in [4.69, 9.17) is 0 Å². The summed E-state index contributed by atoms with van der Waals surface area (Å²) < 4.78 is 0.753. The molecule has 0 bridgehead atoms. The average molecular weight is 266 g/mol. The average Bonchev–Trinajstić information content (AvgIpc) is 2.30. The molecule has 2 heterocycles. The highest BCUT2D eigenvalue weighted by Crippen LogP contribution is 2.24. The Labute approximate surface area is 95.2 Å². The summed E-state index contributed by atoms with van der Waals surface area (Å²) in [5.41, 5.74) is 1.02. The fourth-order valence-electron chi connectivity index (χ4n) is 1.19. The van der Waals surface area contributed by atoms with Gasteiger partial charge in [0.15, 0.2) is 0 Å². The fraction of sp³-hybridized carbons (Fsp3) is 0.100. The monoisotopic (exact) mass is 265 g/mol. The minimum atomic E-state index is -0.853. The van der Waals surface area contributed by atoms with Crippen molar-refractivity contribution in [1.29, 1.82) is 0 Å². The number of hydrogen-bond acceptors (Lipinski definition) is 4. The highest BCUT2D eigenvalue weighted by atomic mass is 79.9. The van der Waals surface area contributed by atoms with E-state index in [1.54, 1.807) is 18.5 Å². The number of hydrogen-bond donors (Lipinski definition) is 1. The van der Waals surface area contributed by atoms with Gasteiger partial charge in [0.25, 0.3) is 0 Å². The predicted molar refractivity (Wildman–Crippen MR) is 58.0 cm³/mol. The first-order valence-electron chi connectivity index (χ1n) is 4.33. The molecule has 0 aliphatic carbocycles. The SMILES string of the molecule is OC(c1cnccn1)c1ncccc1Br. The lowest BCUT2D eigenvalue weighted by atomic mass is 10.2. The van der Waals surface area contributed by atoms with Crippen molar-refractivity contribution in [2.45, 2.75) is 6.10 Å². The van der Waals surface area contributed by atoms with Gasteiger partial charge in [0, 0.05) is 23.1 Å². The van der Waals surface area contributed by atoms with E-state index >= 15 is 0 Å². The first-order chi connectivity index (χ1) is 7.29. The summed E-state index contributed by atoms with van der Waals surface area (Å²) in [5, 5.41) is 9.98. The highest BCUT2D eigenvalue weighted by Gasteiger charge is 2.15. The smallest absolute Gasteiger partial charge is 0.140 e. The second kappa shape index (κ2) is 4.46. The van der Waals surface area contributed by atoms with Crippen LogP contribution in [0.15, 0.2) is 41.4 Å². The van der Waals surface area contributed by atoms with E-state index in [1.807, 2.05) is 6.07 Å². The second-order valence-corrected chi connectivity index (χ2v) is 3.76. The first-order valence-corrected chi connectivity index (χ1v) is 5.12. The molecule has 2 aromatic rings. The van der Waals surface area contributed by atoms with E-state index in [9.17, 15) is 5.11 Å². The van der Waals surface area contributed by atoms with Gasteiger partial charge in [0.2, 0.25) is 0 Å². The van der Waals surface area contributed by atoms with Crippen LogP contribution < -0.4 is 0 Å². The van der Waals surface area contributed by atoms with Gasteiger partial charge >= 0.3 is 0 Å². The zero-order chi connectivity index (χ0) is 10.7. The van der Waals surface area contributed by atoms with Gasteiger partial charge in [-0.3, -0.25) is 15.0 Å². The molecule has 1 N–H and O–H groups in total. The number of rotatable bonds is 2. The van der Waals surface area contributed by atoms with E-state index in [0.29, 0.717) is 11.4 Å². The van der Waals surface area contributed by atoms with Crippen LogP contribution in [0.4, 0.5) is 0 Å². The van der Waals surface area contributed by atoms with E-state index < -0.39 is 6.10 Å². The zero-order valence-corrected chi connectivity index (χ0v) is 9.29. The maximum atomic E-state index is 9.98. The molecule has 1 atom stereocenters. The summed E-state index contributed by atoms with van der Waals surface area (Å²) >= 11 is 3.32. The molecule has 0 aliphatic rings. The molecule has 0 saturated carbocycles. The molecular weight excluding hydrogens is 258 g/mol. The van der Waals surface area contributed by atoms with E-state index in [1.165, 1.54) is 12.4 Å². The normalized spacial score (nSPS) is 12.4. The van der Waals surface area contributed by atoms with Gasteiger partial charge in [-0.1, -0.05) is 0 Å². The van der Waals surface area contributed by atoms with Crippen LogP contribution in [0, 0.1) is 0 Å². The molecule has 5 heteroatoms. The topological polar surface area (TPSA) is 58.9 Å². The number of aromatic nitrogens is 3. The number of pyridine rings is 1. The lowest BCUT2D eigenvalue weighted by Gasteiger charge is -2.09. The standard InChI is InChI=1S/C10H8BrN3O/c11-7-2-1-3-14-9(7)10(15)8-6-12-4-5-13-8/h1-6,10,15H. The molecule has 1 unspecified atom stereocenters. The maximum Gasteiger partial charge on any atom is 0.140 e. The van der Waals surface area contributed by atoms with Crippen LogP contribution in [0.3, 0.4) is 0 Å². The van der Waals surface area contributed by atoms with Gasteiger partial charge in [0.05, 0.1) is 17.6 Å². The molecular formula is C10H8BrN3O. The Kier molecular flexibility index (Phi) is 3.03. The number of aliphatic hydroxyl groups excluding tert-OH is 1. The molecule has 0 aliphatic heterocycles. The molecule has 0 amide bonds. The van der Waals surface area contributed by atoms with E-state index in [0.717, 1.165) is 4.47 Å². The van der Waals surface area contributed by atoms with Crippen LogP contribution >= 0.6 is 15.9 Å². The van der Waals surface area contributed by atoms with E-state index in [2.05, 4.69) is 30.9 Å². The quantitative estimate of drug-likeness (QED) is 0.899. The van der Waals surface area contributed by atoms with Gasteiger partial charge in [-0.25, -0.2) is 0 Å². The third-order valence-corrected chi connectivity index (χ3v) is 2.58. The minimum absolute atomic E-state index is 0.483. The Morgan fingerprint density at radius 1 is 1.20 bits per heavy atom. The summed E-state index contributed by atoms with van der Waals surface area (Å²) in [4.78, 5) is 12.0. The van der Waals surface area contributed by atoms with Crippen molar-refractivity contribution < 1.29 is 5.11 Å². The molecule has 0 saturated heterocycles. The molecule has 2 rings (SSSR count). The molecule has 0 radical (unpaired) electrons. The Hall–Kier alpha value is -1.33. The first kappa shape index (κ1) is 10.2. The number of aliphatic hydroxyl groups is 1. The van der Waals surface area contributed by atoms with Crippen LogP contribution in [0.25, 0.3) is 0 Å². The molecule has 2 aromatic heterocycles. The molecule has 4 nitrogen and oxygen atoms in total. The van der Waals surface area contributed by atoms with Gasteiger partial charge < -0.3 is 5.11 Å². The van der Waals surface area contributed by atoms with Crippen molar-refractivity contribution in [1.82, 2.24) is 15.0 Å². The minimum Gasteiger partial charge on any atom is -0.380 e. The predicted octanol–water partition coefficient (Wildman–Crippen LogP) is 1.72. The molecule has 0 aromatic carbocycles. The summed E-state index contributed by atoms with van der Waals surface area (Å²) in [7, 11) is 0. The van der Waals surface area contributed by atoms with Gasteiger partial charge in [-0.05, 0) is 28.1 Å².